The molecule has 0 unspecified atom stereocenters. The van der Waals surface area contributed by atoms with Crippen LogP contribution in [0.25, 0.3) is 6.08 Å². The summed E-state index contributed by atoms with van der Waals surface area (Å²) in [6.45, 7) is 9.98. The molecule has 1 atom stereocenters. The highest BCUT2D eigenvalue weighted by molar-refractivity contribution is 7.07. The van der Waals surface area contributed by atoms with Crippen molar-refractivity contribution in [2.24, 2.45) is 4.99 Å². The number of allylic oxidation sites excluding steroid dienone is 2. The molecule has 0 saturated carbocycles. The van der Waals surface area contributed by atoms with E-state index in [1.54, 1.807) is 31.6 Å². The smallest absolute Gasteiger partial charge is 0.338 e. The molecule has 0 spiro atoms. The number of rotatable bonds is 10. The maximum Gasteiger partial charge on any atom is 0.338 e. The molecule has 1 aliphatic heterocycles. The molecule has 0 aliphatic carbocycles. The largest absolute Gasteiger partial charge is 0.493 e. The summed E-state index contributed by atoms with van der Waals surface area (Å²) in [5, 5.41) is 0.658. The molecule has 5 rings (SSSR count). The Morgan fingerprint density at radius 3 is 2.50 bits per heavy atom. The molecule has 0 fully saturated rings. The molecule has 0 bridgehead atoms. The zero-order valence-electron chi connectivity index (χ0n) is 25.1. The van der Waals surface area contributed by atoms with E-state index >= 15 is 0 Å². The molecule has 44 heavy (non-hydrogen) atoms. The molecule has 2 heterocycles. The quantitative estimate of drug-likeness (QED) is 0.157. The predicted molar refractivity (Wildman–Crippen MR) is 174 cm³/mol. The maximum atomic E-state index is 14.0. The molecular formula is C35H33ClN2O5S. The molecule has 0 saturated heterocycles. The molecular weight excluding hydrogens is 596 g/mol. The monoisotopic (exact) mass is 628 g/mol. The number of methoxy groups -OCH3 is 1. The van der Waals surface area contributed by atoms with E-state index in [0.29, 0.717) is 50.2 Å². The summed E-state index contributed by atoms with van der Waals surface area (Å²) in [6.07, 6.45) is 4.14. The van der Waals surface area contributed by atoms with Crippen LogP contribution in [0.3, 0.4) is 0 Å². The first kappa shape index (κ1) is 31.0. The van der Waals surface area contributed by atoms with Crippen molar-refractivity contribution < 1.29 is 19.0 Å². The molecule has 1 aromatic heterocycles. The van der Waals surface area contributed by atoms with Crippen molar-refractivity contribution >= 4 is 35.0 Å². The Morgan fingerprint density at radius 2 is 1.84 bits per heavy atom. The van der Waals surface area contributed by atoms with Gasteiger partial charge in [-0.05, 0) is 74.2 Å². The van der Waals surface area contributed by atoms with Crippen molar-refractivity contribution in [1.29, 1.82) is 0 Å². The number of esters is 1. The van der Waals surface area contributed by atoms with Gasteiger partial charge in [0.05, 0.1) is 35.6 Å². The van der Waals surface area contributed by atoms with Crippen molar-refractivity contribution in [3.8, 4) is 11.5 Å². The summed E-state index contributed by atoms with van der Waals surface area (Å²) >= 11 is 7.30. The third-order valence-electron chi connectivity index (χ3n) is 7.24. The molecule has 1 aliphatic rings. The third-order valence-corrected chi connectivity index (χ3v) is 8.48. The average molecular weight is 629 g/mol. The van der Waals surface area contributed by atoms with E-state index in [-0.39, 0.29) is 12.2 Å². The van der Waals surface area contributed by atoms with Gasteiger partial charge in [-0.25, -0.2) is 9.79 Å². The Kier molecular flexibility index (Phi) is 9.52. The molecule has 226 valence electrons. The fraction of sp³-hybridized carbons (Fsp3) is 0.229. The van der Waals surface area contributed by atoms with Crippen LogP contribution in [0.5, 0.6) is 11.5 Å². The van der Waals surface area contributed by atoms with Crippen LogP contribution in [0.4, 0.5) is 0 Å². The first-order valence-electron chi connectivity index (χ1n) is 14.2. The second-order valence-electron chi connectivity index (χ2n) is 10.3. The van der Waals surface area contributed by atoms with Gasteiger partial charge in [-0.15, -0.1) is 6.58 Å². The van der Waals surface area contributed by atoms with E-state index in [2.05, 4.69) is 11.6 Å². The van der Waals surface area contributed by atoms with E-state index in [1.165, 1.54) is 11.3 Å². The molecule has 9 heteroatoms. The van der Waals surface area contributed by atoms with Crippen molar-refractivity contribution in [1.82, 2.24) is 4.57 Å². The maximum absolute atomic E-state index is 14.0. The van der Waals surface area contributed by atoms with E-state index in [0.717, 1.165) is 27.8 Å². The normalized spacial score (nSPS) is 14.6. The minimum Gasteiger partial charge on any atom is -0.493 e. The number of hydrogen-bond donors (Lipinski definition) is 0. The number of nitrogens with zero attached hydrogens (tertiary/aromatic N) is 2. The lowest BCUT2D eigenvalue weighted by Gasteiger charge is -2.24. The Morgan fingerprint density at radius 1 is 1.11 bits per heavy atom. The van der Waals surface area contributed by atoms with Gasteiger partial charge in [0.2, 0.25) is 0 Å². The van der Waals surface area contributed by atoms with Crippen LogP contribution in [0.15, 0.2) is 94.4 Å². The van der Waals surface area contributed by atoms with Crippen LogP contribution in [-0.4, -0.2) is 24.3 Å². The molecule has 3 aromatic carbocycles. The molecule has 4 aromatic rings. The van der Waals surface area contributed by atoms with E-state index in [9.17, 15) is 9.59 Å². The number of thiazole rings is 1. The van der Waals surface area contributed by atoms with Gasteiger partial charge in [0, 0.05) is 10.6 Å². The van der Waals surface area contributed by atoms with E-state index in [4.69, 9.17) is 25.8 Å². The Hall–Kier alpha value is -4.40. The number of benzene rings is 3. The predicted octanol–water partition coefficient (Wildman–Crippen LogP) is 6.08. The SMILES string of the molecule is C=CCc1cc(/C=c2/sc3n(c2=O)[C@H](c2ccc(C)cc2)C(C(=O)OCC)=C(C)N=3)cc(OC)c1OCc1ccc(Cl)cc1. The summed E-state index contributed by atoms with van der Waals surface area (Å²) in [7, 11) is 1.58. The van der Waals surface area contributed by atoms with Crippen LogP contribution in [-0.2, 0) is 22.6 Å². The lowest BCUT2D eigenvalue weighted by molar-refractivity contribution is -0.139. The van der Waals surface area contributed by atoms with Gasteiger partial charge in [-0.2, -0.15) is 0 Å². The number of fused-ring (bicyclic) bond motifs is 1. The van der Waals surface area contributed by atoms with Gasteiger partial charge in [0.25, 0.3) is 5.56 Å². The fourth-order valence-electron chi connectivity index (χ4n) is 5.13. The van der Waals surface area contributed by atoms with Crippen LogP contribution >= 0.6 is 22.9 Å². The van der Waals surface area contributed by atoms with Gasteiger partial charge in [0.1, 0.15) is 6.61 Å². The fourth-order valence-corrected chi connectivity index (χ4v) is 6.31. The van der Waals surface area contributed by atoms with Gasteiger partial charge < -0.3 is 14.2 Å². The highest BCUT2D eigenvalue weighted by atomic mass is 35.5. The zero-order valence-corrected chi connectivity index (χ0v) is 26.6. The molecule has 0 radical (unpaired) electrons. The summed E-state index contributed by atoms with van der Waals surface area (Å²) < 4.78 is 19.4. The van der Waals surface area contributed by atoms with Crippen LogP contribution in [0, 0.1) is 6.92 Å². The number of ether oxygens (including phenoxy) is 3. The minimum absolute atomic E-state index is 0.217. The topological polar surface area (TPSA) is 79.1 Å². The summed E-state index contributed by atoms with van der Waals surface area (Å²) in [6, 6.07) is 18.4. The van der Waals surface area contributed by atoms with Gasteiger partial charge in [0.15, 0.2) is 16.3 Å². The van der Waals surface area contributed by atoms with Crippen molar-refractivity contribution in [2.75, 3.05) is 13.7 Å². The molecule has 0 N–H and O–H groups in total. The van der Waals surface area contributed by atoms with Gasteiger partial charge >= 0.3 is 5.97 Å². The van der Waals surface area contributed by atoms with Gasteiger partial charge in [-0.3, -0.25) is 9.36 Å². The van der Waals surface area contributed by atoms with Crippen LogP contribution < -0.4 is 24.4 Å². The van der Waals surface area contributed by atoms with E-state index < -0.39 is 12.0 Å². The number of aryl methyl sites for hydroxylation is 1. The van der Waals surface area contributed by atoms with Crippen molar-refractivity contribution in [2.45, 2.75) is 39.8 Å². The first-order valence-corrected chi connectivity index (χ1v) is 15.4. The first-order chi connectivity index (χ1) is 21.2. The summed E-state index contributed by atoms with van der Waals surface area (Å²) in [4.78, 5) is 32.4. The lowest BCUT2D eigenvalue weighted by atomic mass is 9.95. The summed E-state index contributed by atoms with van der Waals surface area (Å²) in [5.41, 5.74) is 5.10. The molecule has 0 amide bonds. The second-order valence-corrected chi connectivity index (χ2v) is 11.8. The Labute approximate surface area is 265 Å². The summed E-state index contributed by atoms with van der Waals surface area (Å²) in [5.74, 6) is 0.659. The van der Waals surface area contributed by atoms with Crippen molar-refractivity contribution in [3.63, 3.8) is 0 Å². The lowest BCUT2D eigenvalue weighted by Crippen LogP contribution is -2.39. The standard InChI is InChI=1S/C35H33ClN2O5S/c1-6-8-26-17-24(18-28(41-5)32(26)43-20-23-11-15-27(36)16-12-23)19-29-33(39)38-31(25-13-9-21(3)10-14-25)30(34(40)42-7-2)22(4)37-35(38)44-29/h6,9-19,31H,1,7-8,20H2,2-5H3/b29-19+/t31-/m1/s1. The number of carbonyl (C=O) groups is 1. The Bertz CT molecular complexity index is 1920. The second kappa shape index (κ2) is 13.5. The highest BCUT2D eigenvalue weighted by Crippen LogP contribution is 2.35. The Balaban J connectivity index is 1.60. The van der Waals surface area contributed by atoms with Gasteiger partial charge in [-0.1, -0.05) is 71.0 Å². The number of hydrogen-bond acceptors (Lipinski definition) is 7. The number of carbonyl (C=O) groups excluding carboxylic acids is 1. The highest BCUT2D eigenvalue weighted by Gasteiger charge is 2.33. The molecule has 7 nitrogen and oxygen atoms in total. The minimum atomic E-state index is -0.664. The number of halogens is 1. The third kappa shape index (κ3) is 6.42. The van der Waals surface area contributed by atoms with E-state index in [1.807, 2.05) is 73.7 Å². The average Bonchev–Trinajstić information content (AvgIpc) is 3.31. The number of aromatic nitrogens is 1. The zero-order chi connectivity index (χ0) is 31.4. The van der Waals surface area contributed by atoms with Crippen molar-refractivity contribution in [3.05, 3.63) is 137 Å². The van der Waals surface area contributed by atoms with Crippen LogP contribution in [0.2, 0.25) is 5.02 Å². The van der Waals surface area contributed by atoms with Crippen LogP contribution in [0.1, 0.15) is 47.7 Å².